The van der Waals surface area contributed by atoms with Gasteiger partial charge in [-0.3, -0.25) is 4.79 Å². The molecule has 3 heterocycles. The molecule has 0 atom stereocenters. The Balaban J connectivity index is 1.34. The van der Waals surface area contributed by atoms with E-state index in [-0.39, 0.29) is 24.1 Å². The van der Waals surface area contributed by atoms with Gasteiger partial charge < -0.3 is 14.2 Å². The maximum absolute atomic E-state index is 13.5. The summed E-state index contributed by atoms with van der Waals surface area (Å²) in [7, 11) is 0. The third-order valence-electron chi connectivity index (χ3n) is 5.82. The second-order valence-corrected chi connectivity index (χ2v) is 8.13. The van der Waals surface area contributed by atoms with Gasteiger partial charge in [0.25, 0.3) is 0 Å². The zero-order valence-corrected chi connectivity index (χ0v) is 19.1. The highest BCUT2D eigenvalue weighted by Gasteiger charge is 2.25. The van der Waals surface area contributed by atoms with Gasteiger partial charge >= 0.3 is 6.01 Å². The highest BCUT2D eigenvalue weighted by Crippen LogP contribution is 2.24. The summed E-state index contributed by atoms with van der Waals surface area (Å²) < 4.78 is 34.0. The third-order valence-corrected chi connectivity index (χ3v) is 5.82. The fourth-order valence-corrected chi connectivity index (χ4v) is 3.88. The van der Waals surface area contributed by atoms with Gasteiger partial charge in [-0.15, -0.1) is 10.2 Å². The molecule has 0 aliphatic carbocycles. The minimum atomic E-state index is -0.375. The van der Waals surface area contributed by atoms with E-state index in [0.29, 0.717) is 67.3 Å². The van der Waals surface area contributed by atoms with Crippen molar-refractivity contribution in [1.29, 1.82) is 0 Å². The number of hydrogen-bond acceptors (Lipinski definition) is 7. The molecule has 1 aliphatic rings. The van der Waals surface area contributed by atoms with E-state index in [4.69, 9.17) is 4.42 Å². The first kappa shape index (κ1) is 22.6. The first-order valence-electron chi connectivity index (χ1n) is 11.3. The molecule has 0 radical (unpaired) electrons. The van der Waals surface area contributed by atoms with Crippen LogP contribution in [0.1, 0.15) is 12.8 Å². The number of hydrogen-bond donors (Lipinski definition) is 0. The van der Waals surface area contributed by atoms with Gasteiger partial charge in [0.05, 0.1) is 0 Å². The molecule has 0 unspecified atom stereocenters. The van der Waals surface area contributed by atoms with Gasteiger partial charge in [-0.25, -0.2) is 18.4 Å². The van der Waals surface area contributed by atoms with Crippen molar-refractivity contribution in [2.24, 2.45) is 0 Å². The smallest absolute Gasteiger partial charge is 0.318 e. The quantitative estimate of drug-likeness (QED) is 0.419. The van der Waals surface area contributed by atoms with Crippen LogP contribution in [0, 0.1) is 11.6 Å². The van der Waals surface area contributed by atoms with Gasteiger partial charge in [0, 0.05) is 43.7 Å². The standard InChI is InChI=1S/C24H23F2N7O2/c1-2-20-28-29-24(35-20)32-13-11-31(12-14-32)21(34)15-33-23(17-5-9-19(26)10-6-17)27-22(30-33)16-3-7-18(25)8-4-16/h3-10H,2,11-15H2,1H3. The SMILES string of the molecule is CCc1nnc(N2CCN(C(=O)Cn3nc(-c4ccc(F)cc4)nc3-c3ccc(F)cc3)CC2)o1. The van der Waals surface area contributed by atoms with E-state index >= 15 is 0 Å². The Labute approximate surface area is 200 Å². The number of aryl methyl sites for hydroxylation is 1. The normalized spacial score (nSPS) is 13.9. The van der Waals surface area contributed by atoms with Crippen LogP contribution in [0.25, 0.3) is 22.8 Å². The lowest BCUT2D eigenvalue weighted by atomic mass is 10.2. The molecule has 5 rings (SSSR count). The highest BCUT2D eigenvalue weighted by molar-refractivity contribution is 5.77. The van der Waals surface area contributed by atoms with Crippen molar-refractivity contribution >= 4 is 11.9 Å². The third kappa shape index (κ3) is 4.88. The molecule has 1 saturated heterocycles. The zero-order valence-electron chi connectivity index (χ0n) is 19.1. The maximum atomic E-state index is 13.5. The van der Waals surface area contributed by atoms with Gasteiger partial charge in [-0.1, -0.05) is 12.0 Å². The Morgan fingerprint density at radius 2 is 1.54 bits per heavy atom. The number of aromatic nitrogens is 5. The largest absolute Gasteiger partial charge is 0.408 e. The van der Waals surface area contributed by atoms with Crippen LogP contribution in [-0.4, -0.2) is 61.9 Å². The molecule has 9 nitrogen and oxygen atoms in total. The summed E-state index contributed by atoms with van der Waals surface area (Å²) in [6.45, 7) is 4.03. The molecule has 4 aromatic rings. The van der Waals surface area contributed by atoms with Crippen LogP contribution in [0.4, 0.5) is 14.8 Å². The zero-order chi connectivity index (χ0) is 24.4. The molecule has 11 heteroatoms. The second-order valence-electron chi connectivity index (χ2n) is 8.13. The monoisotopic (exact) mass is 479 g/mol. The number of carbonyl (C=O) groups is 1. The molecule has 35 heavy (non-hydrogen) atoms. The number of nitrogens with zero attached hydrogens (tertiary/aromatic N) is 7. The summed E-state index contributed by atoms with van der Waals surface area (Å²) in [6, 6.07) is 12.1. The minimum Gasteiger partial charge on any atom is -0.408 e. The molecule has 180 valence electrons. The molecule has 0 N–H and O–H groups in total. The summed E-state index contributed by atoms with van der Waals surface area (Å²) in [5, 5.41) is 12.6. The number of amides is 1. The van der Waals surface area contributed by atoms with E-state index in [1.54, 1.807) is 29.2 Å². The lowest BCUT2D eigenvalue weighted by molar-refractivity contribution is -0.132. The summed E-state index contributed by atoms with van der Waals surface area (Å²) >= 11 is 0. The van der Waals surface area contributed by atoms with Crippen LogP contribution >= 0.6 is 0 Å². The Hall–Kier alpha value is -4.15. The number of benzene rings is 2. The summed E-state index contributed by atoms with van der Waals surface area (Å²) in [4.78, 5) is 21.4. The summed E-state index contributed by atoms with van der Waals surface area (Å²) in [5.41, 5.74) is 1.23. The lowest BCUT2D eigenvalue weighted by Gasteiger charge is -2.33. The van der Waals surface area contributed by atoms with Crippen molar-refractivity contribution in [3.63, 3.8) is 0 Å². The van der Waals surface area contributed by atoms with E-state index in [1.165, 1.54) is 28.9 Å². The van der Waals surface area contributed by atoms with Crippen LogP contribution in [0.15, 0.2) is 52.9 Å². The Morgan fingerprint density at radius 1 is 0.914 bits per heavy atom. The molecular weight excluding hydrogens is 456 g/mol. The maximum Gasteiger partial charge on any atom is 0.318 e. The molecule has 1 amide bonds. The predicted octanol–water partition coefficient (Wildman–Crippen LogP) is 3.18. The number of halogens is 2. The van der Waals surface area contributed by atoms with Crippen molar-refractivity contribution in [3.05, 3.63) is 66.1 Å². The van der Waals surface area contributed by atoms with Crippen LogP contribution in [0.2, 0.25) is 0 Å². The van der Waals surface area contributed by atoms with E-state index in [0.717, 1.165) is 0 Å². The molecule has 1 fully saturated rings. The van der Waals surface area contributed by atoms with Gasteiger partial charge in [0.2, 0.25) is 11.8 Å². The molecule has 0 bridgehead atoms. The Morgan fingerprint density at radius 3 is 2.14 bits per heavy atom. The summed E-state index contributed by atoms with van der Waals surface area (Å²) in [6.07, 6.45) is 0.666. The molecule has 0 saturated carbocycles. The van der Waals surface area contributed by atoms with Crippen molar-refractivity contribution in [2.45, 2.75) is 19.9 Å². The first-order chi connectivity index (χ1) is 17.0. The molecule has 1 aliphatic heterocycles. The Bertz CT molecular complexity index is 1310. The van der Waals surface area contributed by atoms with Gasteiger partial charge in [0.15, 0.2) is 11.6 Å². The van der Waals surface area contributed by atoms with Gasteiger partial charge in [0.1, 0.15) is 18.2 Å². The fraction of sp³-hybridized carbons (Fsp3) is 0.292. The Kier molecular flexibility index (Phi) is 6.21. The van der Waals surface area contributed by atoms with Crippen LogP contribution in [0.5, 0.6) is 0 Å². The number of anilines is 1. The first-order valence-corrected chi connectivity index (χ1v) is 11.3. The topological polar surface area (TPSA) is 93.2 Å². The van der Waals surface area contributed by atoms with Crippen LogP contribution in [-0.2, 0) is 17.8 Å². The lowest BCUT2D eigenvalue weighted by Crippen LogP contribution is -2.49. The van der Waals surface area contributed by atoms with E-state index in [1.807, 2.05) is 11.8 Å². The predicted molar refractivity (Wildman–Crippen MR) is 123 cm³/mol. The van der Waals surface area contributed by atoms with Crippen molar-refractivity contribution in [2.75, 3.05) is 31.1 Å². The second kappa shape index (κ2) is 9.61. The molecule has 2 aromatic carbocycles. The molecule has 0 spiro atoms. The molecule has 2 aromatic heterocycles. The average molecular weight is 479 g/mol. The van der Waals surface area contributed by atoms with E-state index < -0.39 is 0 Å². The highest BCUT2D eigenvalue weighted by atomic mass is 19.1. The van der Waals surface area contributed by atoms with Crippen LogP contribution in [0.3, 0.4) is 0 Å². The number of piperazine rings is 1. The van der Waals surface area contributed by atoms with E-state index in [2.05, 4.69) is 20.3 Å². The van der Waals surface area contributed by atoms with Crippen molar-refractivity contribution in [3.8, 4) is 22.8 Å². The number of carbonyl (C=O) groups excluding carboxylic acids is 1. The molecular formula is C24H23F2N7O2. The van der Waals surface area contributed by atoms with Gasteiger partial charge in [-0.2, -0.15) is 0 Å². The van der Waals surface area contributed by atoms with Crippen molar-refractivity contribution < 1.29 is 18.0 Å². The summed E-state index contributed by atoms with van der Waals surface area (Å²) in [5.74, 6) is 0.491. The van der Waals surface area contributed by atoms with Crippen molar-refractivity contribution in [1.82, 2.24) is 29.9 Å². The van der Waals surface area contributed by atoms with Gasteiger partial charge in [-0.05, 0) is 48.5 Å². The minimum absolute atomic E-state index is 0.0402. The van der Waals surface area contributed by atoms with Crippen LogP contribution < -0.4 is 4.90 Å². The fourth-order valence-electron chi connectivity index (χ4n) is 3.88. The number of rotatable bonds is 6. The average Bonchev–Trinajstić information content (AvgIpc) is 3.53. The van der Waals surface area contributed by atoms with E-state index in [9.17, 15) is 13.6 Å².